The number of amides is 1. The highest BCUT2D eigenvalue weighted by atomic mass is 16.1. The van der Waals surface area contributed by atoms with Gasteiger partial charge in [0.15, 0.2) is 0 Å². The standard InChI is InChI=1S/C23H29N7O/c1-4-14-30(15-5-2)23-28-19(6-3)26-22(29-23)27-20-13-12-17(16-24-20)21(31)25-18-10-8-7-9-11-18/h7-13,16H,4-6,14-15H2,1-3H3,(H,25,31)(H,24,26,27,28,29). The molecule has 0 saturated heterocycles. The molecule has 162 valence electrons. The normalized spacial score (nSPS) is 10.5. The molecule has 1 amide bonds. The van der Waals surface area contributed by atoms with Crippen molar-refractivity contribution in [2.45, 2.75) is 40.0 Å². The van der Waals surface area contributed by atoms with Crippen LogP contribution in [0.1, 0.15) is 49.8 Å². The molecule has 0 bridgehead atoms. The van der Waals surface area contributed by atoms with Gasteiger partial charge in [-0.15, -0.1) is 0 Å². The number of aromatic nitrogens is 4. The predicted octanol–water partition coefficient (Wildman–Crippen LogP) is 4.45. The second kappa shape index (κ2) is 11.0. The number of carbonyl (C=O) groups excluding carboxylic acids is 1. The molecule has 0 atom stereocenters. The molecule has 8 heteroatoms. The van der Waals surface area contributed by atoms with Gasteiger partial charge in [-0.2, -0.15) is 15.0 Å². The van der Waals surface area contributed by atoms with Crippen molar-refractivity contribution in [2.75, 3.05) is 28.6 Å². The lowest BCUT2D eigenvalue weighted by molar-refractivity contribution is 0.102. The van der Waals surface area contributed by atoms with Crippen molar-refractivity contribution in [3.63, 3.8) is 0 Å². The molecule has 1 aromatic carbocycles. The fourth-order valence-electron chi connectivity index (χ4n) is 3.06. The van der Waals surface area contributed by atoms with Gasteiger partial charge in [-0.05, 0) is 37.1 Å². The number of nitrogens with one attached hydrogen (secondary N) is 2. The lowest BCUT2D eigenvalue weighted by Gasteiger charge is -2.22. The third-order valence-corrected chi connectivity index (χ3v) is 4.55. The van der Waals surface area contributed by atoms with Crippen LogP contribution in [-0.4, -0.2) is 38.9 Å². The van der Waals surface area contributed by atoms with Crippen LogP contribution in [0.2, 0.25) is 0 Å². The Morgan fingerprint density at radius 3 is 2.29 bits per heavy atom. The van der Waals surface area contributed by atoms with Crippen LogP contribution >= 0.6 is 0 Å². The van der Waals surface area contributed by atoms with Gasteiger partial charge in [0, 0.05) is 31.4 Å². The van der Waals surface area contributed by atoms with E-state index in [1.807, 2.05) is 37.3 Å². The first-order chi connectivity index (χ1) is 15.1. The first kappa shape index (κ1) is 22.1. The van der Waals surface area contributed by atoms with Gasteiger partial charge in [0.05, 0.1) is 5.56 Å². The van der Waals surface area contributed by atoms with Crippen molar-refractivity contribution in [3.05, 3.63) is 60.0 Å². The highest BCUT2D eigenvalue weighted by Crippen LogP contribution is 2.17. The number of rotatable bonds is 10. The number of aryl methyl sites for hydroxylation is 1. The van der Waals surface area contributed by atoms with Crippen LogP contribution in [0.15, 0.2) is 48.7 Å². The Morgan fingerprint density at radius 1 is 0.935 bits per heavy atom. The van der Waals surface area contributed by atoms with E-state index in [1.54, 1.807) is 12.1 Å². The van der Waals surface area contributed by atoms with E-state index in [0.717, 1.165) is 37.4 Å². The van der Waals surface area contributed by atoms with Crippen LogP contribution in [0.5, 0.6) is 0 Å². The van der Waals surface area contributed by atoms with E-state index in [2.05, 4.69) is 49.3 Å². The summed E-state index contributed by atoms with van der Waals surface area (Å²) in [6, 6.07) is 12.8. The van der Waals surface area contributed by atoms with Gasteiger partial charge in [0.25, 0.3) is 5.91 Å². The summed E-state index contributed by atoms with van der Waals surface area (Å²) in [5, 5.41) is 5.99. The van der Waals surface area contributed by atoms with Crippen molar-refractivity contribution in [2.24, 2.45) is 0 Å². The largest absolute Gasteiger partial charge is 0.341 e. The lowest BCUT2D eigenvalue weighted by atomic mass is 10.2. The minimum atomic E-state index is -0.212. The third-order valence-electron chi connectivity index (χ3n) is 4.55. The van der Waals surface area contributed by atoms with E-state index < -0.39 is 0 Å². The zero-order valence-corrected chi connectivity index (χ0v) is 18.3. The molecule has 3 rings (SSSR count). The molecule has 0 radical (unpaired) electrons. The minimum Gasteiger partial charge on any atom is -0.341 e. The number of hydrogen-bond acceptors (Lipinski definition) is 7. The molecule has 31 heavy (non-hydrogen) atoms. The number of nitrogens with zero attached hydrogens (tertiary/aromatic N) is 5. The van der Waals surface area contributed by atoms with Crippen LogP contribution in [-0.2, 0) is 6.42 Å². The van der Waals surface area contributed by atoms with E-state index in [4.69, 9.17) is 0 Å². The smallest absolute Gasteiger partial charge is 0.257 e. The fourth-order valence-corrected chi connectivity index (χ4v) is 3.06. The molecule has 2 heterocycles. The van der Waals surface area contributed by atoms with Crippen LogP contribution in [0, 0.1) is 0 Å². The highest BCUT2D eigenvalue weighted by molar-refractivity contribution is 6.04. The molecule has 0 aliphatic rings. The Morgan fingerprint density at radius 2 is 1.68 bits per heavy atom. The average Bonchev–Trinajstić information content (AvgIpc) is 2.80. The summed E-state index contributed by atoms with van der Waals surface area (Å²) in [6.45, 7) is 8.09. The second-order valence-electron chi connectivity index (χ2n) is 7.09. The van der Waals surface area contributed by atoms with E-state index in [1.165, 1.54) is 6.20 Å². The van der Waals surface area contributed by atoms with E-state index in [-0.39, 0.29) is 5.91 Å². The Bertz CT molecular complexity index is 971. The van der Waals surface area contributed by atoms with Gasteiger partial charge in [-0.1, -0.05) is 39.0 Å². The van der Waals surface area contributed by atoms with Crippen molar-refractivity contribution in [3.8, 4) is 0 Å². The van der Waals surface area contributed by atoms with Gasteiger partial charge in [-0.3, -0.25) is 4.79 Å². The Balaban J connectivity index is 1.74. The Hall–Kier alpha value is -3.55. The van der Waals surface area contributed by atoms with Crippen molar-refractivity contribution >= 4 is 29.3 Å². The molecule has 0 unspecified atom stereocenters. The first-order valence-electron chi connectivity index (χ1n) is 10.7. The number of para-hydroxylation sites is 1. The summed E-state index contributed by atoms with van der Waals surface area (Å²) in [5.74, 6) is 2.21. The van der Waals surface area contributed by atoms with E-state index in [9.17, 15) is 4.79 Å². The van der Waals surface area contributed by atoms with Crippen molar-refractivity contribution in [1.29, 1.82) is 0 Å². The lowest BCUT2D eigenvalue weighted by Crippen LogP contribution is -2.27. The molecule has 0 aliphatic carbocycles. The zero-order chi connectivity index (χ0) is 22.1. The monoisotopic (exact) mass is 419 g/mol. The maximum Gasteiger partial charge on any atom is 0.257 e. The SMILES string of the molecule is CCCN(CCC)c1nc(CC)nc(Nc2ccc(C(=O)Nc3ccccc3)cn2)n1. The molecule has 0 saturated carbocycles. The molecular formula is C23H29N7O. The molecule has 8 nitrogen and oxygen atoms in total. The van der Waals surface area contributed by atoms with Crippen molar-refractivity contribution in [1.82, 2.24) is 19.9 Å². The van der Waals surface area contributed by atoms with Gasteiger partial charge in [-0.25, -0.2) is 4.98 Å². The number of carbonyl (C=O) groups is 1. The Labute approximate surface area is 183 Å². The maximum absolute atomic E-state index is 12.4. The van der Waals surface area contributed by atoms with Crippen LogP contribution < -0.4 is 15.5 Å². The van der Waals surface area contributed by atoms with Gasteiger partial charge >= 0.3 is 0 Å². The van der Waals surface area contributed by atoms with E-state index >= 15 is 0 Å². The third kappa shape index (κ3) is 6.21. The minimum absolute atomic E-state index is 0.212. The number of hydrogen-bond donors (Lipinski definition) is 2. The van der Waals surface area contributed by atoms with Gasteiger partial charge in [0.1, 0.15) is 11.6 Å². The van der Waals surface area contributed by atoms with Crippen LogP contribution in [0.3, 0.4) is 0 Å². The quantitative estimate of drug-likeness (QED) is 0.501. The molecular weight excluding hydrogens is 390 g/mol. The number of anilines is 4. The zero-order valence-electron chi connectivity index (χ0n) is 18.3. The molecule has 2 aromatic heterocycles. The molecule has 0 spiro atoms. The van der Waals surface area contributed by atoms with Gasteiger partial charge < -0.3 is 15.5 Å². The topological polar surface area (TPSA) is 95.9 Å². The summed E-state index contributed by atoms with van der Waals surface area (Å²) in [6.07, 6.45) is 4.28. The number of benzene rings is 1. The average molecular weight is 420 g/mol. The maximum atomic E-state index is 12.4. The first-order valence-corrected chi connectivity index (χ1v) is 10.7. The predicted molar refractivity (Wildman–Crippen MR) is 124 cm³/mol. The molecule has 3 aromatic rings. The van der Waals surface area contributed by atoms with E-state index in [0.29, 0.717) is 29.7 Å². The summed E-state index contributed by atoms with van der Waals surface area (Å²) in [7, 11) is 0. The Kier molecular flexibility index (Phi) is 7.86. The molecule has 0 fully saturated rings. The summed E-state index contributed by atoms with van der Waals surface area (Å²) >= 11 is 0. The fraction of sp³-hybridized carbons (Fsp3) is 0.348. The van der Waals surface area contributed by atoms with Crippen LogP contribution in [0.25, 0.3) is 0 Å². The number of pyridine rings is 1. The second-order valence-corrected chi connectivity index (χ2v) is 7.09. The molecule has 2 N–H and O–H groups in total. The summed E-state index contributed by atoms with van der Waals surface area (Å²) in [5.41, 5.74) is 1.21. The highest BCUT2D eigenvalue weighted by Gasteiger charge is 2.13. The molecule has 0 aliphatic heterocycles. The van der Waals surface area contributed by atoms with Crippen molar-refractivity contribution < 1.29 is 4.79 Å². The summed E-state index contributed by atoms with van der Waals surface area (Å²) in [4.78, 5) is 32.6. The summed E-state index contributed by atoms with van der Waals surface area (Å²) < 4.78 is 0. The van der Waals surface area contributed by atoms with Crippen LogP contribution in [0.4, 0.5) is 23.4 Å². The van der Waals surface area contributed by atoms with Gasteiger partial charge in [0.2, 0.25) is 11.9 Å².